The van der Waals surface area contributed by atoms with Gasteiger partial charge < -0.3 is 14.8 Å². The Hall–Kier alpha value is -3.12. The lowest BCUT2D eigenvalue weighted by Gasteiger charge is -2.17. The number of fused-ring (bicyclic) bond motifs is 1. The lowest BCUT2D eigenvalue weighted by atomic mass is 10.1. The quantitative estimate of drug-likeness (QED) is 0.790. The van der Waals surface area contributed by atoms with E-state index in [1.54, 1.807) is 0 Å². The first-order valence-corrected chi connectivity index (χ1v) is 8.97. The molecule has 1 amide bonds. The second-order valence-electron chi connectivity index (χ2n) is 5.76. The molecule has 0 aliphatic carbocycles. The van der Waals surface area contributed by atoms with Crippen LogP contribution in [0.1, 0.15) is 5.56 Å². The molecule has 0 saturated carbocycles. The van der Waals surface area contributed by atoms with Gasteiger partial charge in [0.1, 0.15) is 11.5 Å². The second-order valence-corrected chi connectivity index (χ2v) is 6.58. The average Bonchev–Trinajstić information content (AvgIpc) is 3.15. The molecule has 0 bridgehead atoms. The van der Waals surface area contributed by atoms with E-state index in [0.29, 0.717) is 12.1 Å². The van der Waals surface area contributed by atoms with Gasteiger partial charge in [-0.25, -0.2) is 0 Å². The summed E-state index contributed by atoms with van der Waals surface area (Å²) in [5.41, 5.74) is 2.57. The lowest BCUT2D eigenvalue weighted by Crippen LogP contribution is -2.25. The molecule has 6 heteroatoms. The summed E-state index contributed by atoms with van der Waals surface area (Å²) >= 11 is 1.47. The first-order chi connectivity index (χ1) is 12.8. The maximum Gasteiger partial charge on any atom is 0.251 e. The van der Waals surface area contributed by atoms with Crippen LogP contribution in [-0.2, 0) is 11.3 Å². The molecule has 2 aliphatic rings. The van der Waals surface area contributed by atoms with E-state index in [0.717, 1.165) is 22.8 Å². The smallest absolute Gasteiger partial charge is 0.251 e. The van der Waals surface area contributed by atoms with Crippen molar-refractivity contribution in [2.24, 2.45) is 0 Å². The maximum atomic E-state index is 12.4. The van der Waals surface area contributed by atoms with Gasteiger partial charge in [-0.05, 0) is 42.0 Å². The highest BCUT2D eigenvalue weighted by Crippen LogP contribution is 2.27. The largest absolute Gasteiger partial charge is 0.457 e. The van der Waals surface area contributed by atoms with E-state index < -0.39 is 0 Å². The predicted molar refractivity (Wildman–Crippen MR) is 103 cm³/mol. The zero-order chi connectivity index (χ0) is 17.8. The monoisotopic (exact) mass is 363 g/mol. The molecular weight excluding hydrogens is 346 g/mol. The molecule has 0 unspecified atom stereocenters. The van der Waals surface area contributed by atoms with E-state index in [-0.39, 0.29) is 5.91 Å². The number of benzene rings is 2. The molecule has 2 aliphatic heterocycles. The molecule has 0 saturated heterocycles. The SMILES string of the molecule is O=C(NCc1cccc(Oc2ccccc2)c1)C1=CC2=CNSN2C=C1. The van der Waals surface area contributed by atoms with Crippen LogP contribution in [0.3, 0.4) is 0 Å². The summed E-state index contributed by atoms with van der Waals surface area (Å²) in [6.07, 6.45) is 7.41. The predicted octanol–water partition coefficient (Wildman–Crippen LogP) is 3.86. The minimum Gasteiger partial charge on any atom is -0.457 e. The number of carbonyl (C=O) groups excluding carboxylic acids is 1. The molecule has 26 heavy (non-hydrogen) atoms. The van der Waals surface area contributed by atoms with Crippen molar-refractivity contribution < 1.29 is 9.53 Å². The highest BCUT2D eigenvalue weighted by molar-refractivity contribution is 7.95. The van der Waals surface area contributed by atoms with Gasteiger partial charge in [-0.1, -0.05) is 30.3 Å². The van der Waals surface area contributed by atoms with Crippen LogP contribution in [0.2, 0.25) is 0 Å². The molecule has 0 aromatic heterocycles. The number of nitrogens with zero attached hydrogens (tertiary/aromatic N) is 1. The number of hydrogen-bond donors (Lipinski definition) is 2. The summed E-state index contributed by atoms with van der Waals surface area (Å²) < 4.78 is 10.8. The minimum absolute atomic E-state index is 0.104. The van der Waals surface area contributed by atoms with Crippen molar-refractivity contribution in [2.75, 3.05) is 0 Å². The van der Waals surface area contributed by atoms with Crippen molar-refractivity contribution >= 4 is 18.0 Å². The van der Waals surface area contributed by atoms with E-state index in [9.17, 15) is 4.79 Å². The maximum absolute atomic E-state index is 12.4. The Morgan fingerprint density at radius 3 is 2.85 bits per heavy atom. The van der Waals surface area contributed by atoms with Crippen LogP contribution in [0.25, 0.3) is 0 Å². The van der Waals surface area contributed by atoms with Crippen molar-refractivity contribution in [1.29, 1.82) is 0 Å². The molecule has 0 spiro atoms. The number of carbonyl (C=O) groups is 1. The van der Waals surface area contributed by atoms with Crippen LogP contribution in [0, 0.1) is 0 Å². The summed E-state index contributed by atoms with van der Waals surface area (Å²) in [6, 6.07) is 17.3. The molecule has 0 atom stereocenters. The Kier molecular flexibility index (Phi) is 4.66. The summed E-state index contributed by atoms with van der Waals surface area (Å²) in [6.45, 7) is 0.436. The Balaban J connectivity index is 1.38. The van der Waals surface area contributed by atoms with Gasteiger partial charge in [0.2, 0.25) is 0 Å². The van der Waals surface area contributed by atoms with Gasteiger partial charge in [0, 0.05) is 24.5 Å². The number of nitrogens with one attached hydrogen (secondary N) is 2. The fourth-order valence-electron chi connectivity index (χ4n) is 2.61. The summed E-state index contributed by atoms with van der Waals surface area (Å²) in [5.74, 6) is 1.43. The second kappa shape index (κ2) is 7.41. The van der Waals surface area contributed by atoms with Crippen molar-refractivity contribution in [3.63, 3.8) is 0 Å². The standard InChI is InChI=1S/C20H17N3O2S/c24-20(16-9-10-23-17(12-16)14-22-26-23)21-13-15-5-4-8-19(11-15)25-18-6-2-1-3-7-18/h1-12,14,22H,13H2,(H,21,24). The molecular formula is C20H17N3O2S. The van der Waals surface area contributed by atoms with Gasteiger partial charge in [0.25, 0.3) is 5.91 Å². The van der Waals surface area contributed by atoms with Crippen LogP contribution in [0.5, 0.6) is 11.5 Å². The minimum atomic E-state index is -0.104. The van der Waals surface area contributed by atoms with Gasteiger partial charge in [-0.15, -0.1) is 0 Å². The van der Waals surface area contributed by atoms with Gasteiger partial charge in [-0.3, -0.25) is 9.10 Å². The van der Waals surface area contributed by atoms with Crippen LogP contribution in [0.15, 0.2) is 90.4 Å². The Labute approximate surface area is 156 Å². The molecule has 0 fully saturated rings. The van der Waals surface area contributed by atoms with E-state index >= 15 is 0 Å². The van der Waals surface area contributed by atoms with E-state index in [4.69, 9.17) is 4.74 Å². The zero-order valence-corrected chi connectivity index (χ0v) is 14.7. The van der Waals surface area contributed by atoms with Crippen molar-refractivity contribution in [3.05, 3.63) is 96.0 Å². The van der Waals surface area contributed by atoms with E-state index in [2.05, 4.69) is 10.0 Å². The Bertz CT molecular complexity index is 906. The van der Waals surface area contributed by atoms with Crippen LogP contribution in [0.4, 0.5) is 0 Å². The molecule has 2 heterocycles. The summed E-state index contributed by atoms with van der Waals surface area (Å²) in [4.78, 5) is 12.4. The normalized spacial score (nSPS) is 14.8. The molecule has 0 radical (unpaired) electrons. The third-order valence-electron chi connectivity index (χ3n) is 3.90. The molecule has 2 N–H and O–H groups in total. The summed E-state index contributed by atoms with van der Waals surface area (Å²) in [5, 5.41) is 2.95. The fraction of sp³-hybridized carbons (Fsp3) is 0.0500. The van der Waals surface area contributed by atoms with Gasteiger partial charge in [0.05, 0.1) is 17.8 Å². The number of para-hydroxylation sites is 1. The number of allylic oxidation sites excluding steroid dienone is 1. The van der Waals surface area contributed by atoms with Crippen molar-refractivity contribution in [2.45, 2.75) is 6.54 Å². The van der Waals surface area contributed by atoms with Crippen LogP contribution >= 0.6 is 12.1 Å². The average molecular weight is 363 g/mol. The number of hydrogen-bond acceptors (Lipinski definition) is 5. The zero-order valence-electron chi connectivity index (χ0n) is 13.9. The Morgan fingerprint density at radius 1 is 1.12 bits per heavy atom. The topological polar surface area (TPSA) is 53.6 Å². The molecule has 2 aromatic rings. The first kappa shape index (κ1) is 16.4. The van der Waals surface area contributed by atoms with Crippen LogP contribution < -0.4 is 14.8 Å². The molecule has 2 aromatic carbocycles. The third kappa shape index (κ3) is 3.75. The molecule has 4 rings (SSSR count). The third-order valence-corrected chi connectivity index (χ3v) is 4.65. The lowest BCUT2D eigenvalue weighted by molar-refractivity contribution is -0.117. The summed E-state index contributed by atoms with van der Waals surface area (Å²) in [7, 11) is 0. The molecule has 130 valence electrons. The number of rotatable bonds is 5. The van der Waals surface area contributed by atoms with E-state index in [1.165, 1.54) is 12.1 Å². The highest BCUT2D eigenvalue weighted by atomic mass is 32.2. The first-order valence-electron chi connectivity index (χ1n) is 8.20. The van der Waals surface area contributed by atoms with Crippen LogP contribution in [-0.4, -0.2) is 10.2 Å². The van der Waals surface area contributed by atoms with Gasteiger partial charge in [-0.2, -0.15) is 0 Å². The highest BCUT2D eigenvalue weighted by Gasteiger charge is 2.18. The number of amides is 1. The Morgan fingerprint density at radius 2 is 1.96 bits per heavy atom. The van der Waals surface area contributed by atoms with Crippen molar-refractivity contribution in [3.8, 4) is 11.5 Å². The van der Waals surface area contributed by atoms with Crippen molar-refractivity contribution in [1.82, 2.24) is 14.3 Å². The van der Waals surface area contributed by atoms with E-state index in [1.807, 2.05) is 83.5 Å². The number of ether oxygens (including phenoxy) is 1. The molecule has 5 nitrogen and oxygen atoms in total. The van der Waals surface area contributed by atoms with Gasteiger partial charge in [0.15, 0.2) is 0 Å². The van der Waals surface area contributed by atoms with Gasteiger partial charge >= 0.3 is 0 Å². The fourth-order valence-corrected chi connectivity index (χ4v) is 3.23.